The van der Waals surface area contributed by atoms with Crippen LogP contribution < -0.4 is 5.73 Å². The molecule has 20 heavy (non-hydrogen) atoms. The lowest BCUT2D eigenvalue weighted by Crippen LogP contribution is -2.34. The van der Waals surface area contributed by atoms with Gasteiger partial charge in [-0.1, -0.05) is 12.2 Å². The van der Waals surface area contributed by atoms with Crippen molar-refractivity contribution in [2.75, 3.05) is 31.2 Å². The van der Waals surface area contributed by atoms with E-state index >= 15 is 0 Å². The maximum Gasteiger partial charge on any atom is 0.322 e. The van der Waals surface area contributed by atoms with Crippen molar-refractivity contribution in [2.45, 2.75) is 19.4 Å². The van der Waals surface area contributed by atoms with E-state index in [9.17, 15) is 9.59 Å². The number of nitrogens with two attached hydrogens (primary N) is 1. The summed E-state index contributed by atoms with van der Waals surface area (Å²) in [4.78, 5) is 24.9. The molecule has 0 fully saturated rings. The normalized spacial score (nSPS) is 11.5. The summed E-state index contributed by atoms with van der Waals surface area (Å²) in [5.74, 6) is 0.637. The number of carbonyl (C=O) groups excluding carboxylic acids is 2. The zero-order valence-corrected chi connectivity index (χ0v) is 12.9. The van der Waals surface area contributed by atoms with Crippen molar-refractivity contribution in [1.82, 2.24) is 4.90 Å². The van der Waals surface area contributed by atoms with Crippen LogP contribution in [0.1, 0.15) is 13.3 Å². The van der Waals surface area contributed by atoms with E-state index in [0.717, 1.165) is 0 Å². The molecule has 1 atom stereocenters. The minimum atomic E-state index is -0.616. The third-order valence-electron chi connectivity index (χ3n) is 2.44. The molecule has 2 N–H and O–H groups in total. The van der Waals surface area contributed by atoms with Crippen LogP contribution in [0.15, 0.2) is 25.3 Å². The van der Waals surface area contributed by atoms with Gasteiger partial charge < -0.3 is 15.4 Å². The molecule has 5 nitrogen and oxygen atoms in total. The maximum absolute atomic E-state index is 11.9. The predicted octanol–water partition coefficient (Wildman–Crippen LogP) is 1.20. The van der Waals surface area contributed by atoms with Crippen molar-refractivity contribution in [1.29, 1.82) is 0 Å². The van der Waals surface area contributed by atoms with Gasteiger partial charge >= 0.3 is 5.97 Å². The average molecular weight is 300 g/mol. The highest BCUT2D eigenvalue weighted by atomic mass is 32.2. The highest BCUT2D eigenvalue weighted by molar-refractivity contribution is 7.99. The summed E-state index contributed by atoms with van der Waals surface area (Å²) in [7, 11) is 0. The molecule has 0 saturated heterocycles. The van der Waals surface area contributed by atoms with E-state index in [1.165, 1.54) is 11.8 Å². The van der Waals surface area contributed by atoms with Crippen LogP contribution >= 0.6 is 11.8 Å². The molecule has 0 aliphatic heterocycles. The van der Waals surface area contributed by atoms with Crippen molar-refractivity contribution in [2.24, 2.45) is 5.73 Å². The summed E-state index contributed by atoms with van der Waals surface area (Å²) in [5.41, 5.74) is 5.67. The van der Waals surface area contributed by atoms with Crippen LogP contribution in [-0.2, 0) is 14.3 Å². The van der Waals surface area contributed by atoms with Crippen LogP contribution in [0.2, 0.25) is 0 Å². The molecule has 0 bridgehead atoms. The summed E-state index contributed by atoms with van der Waals surface area (Å²) in [6.07, 6.45) is 3.87. The SMILES string of the molecule is C=CCN(CC=C)C(=O)CSCCC(N)C(=O)OCC. The molecule has 0 radical (unpaired) electrons. The minimum absolute atomic E-state index is 0.0273. The van der Waals surface area contributed by atoms with Crippen molar-refractivity contribution in [3.8, 4) is 0 Å². The van der Waals surface area contributed by atoms with E-state index in [1.807, 2.05) is 0 Å². The summed E-state index contributed by atoms with van der Waals surface area (Å²) in [6, 6.07) is -0.616. The minimum Gasteiger partial charge on any atom is -0.465 e. The number of hydrogen-bond donors (Lipinski definition) is 1. The fraction of sp³-hybridized carbons (Fsp3) is 0.571. The van der Waals surface area contributed by atoms with Crippen LogP contribution in [-0.4, -0.2) is 54.0 Å². The lowest BCUT2D eigenvalue weighted by Gasteiger charge is -2.19. The molecule has 1 unspecified atom stereocenters. The Morgan fingerprint density at radius 3 is 2.45 bits per heavy atom. The van der Waals surface area contributed by atoms with Gasteiger partial charge in [0.05, 0.1) is 12.4 Å². The molecule has 0 spiro atoms. The molecular weight excluding hydrogens is 276 g/mol. The number of amides is 1. The van der Waals surface area contributed by atoms with Crippen LogP contribution in [0.5, 0.6) is 0 Å². The first-order valence-electron chi connectivity index (χ1n) is 6.56. The van der Waals surface area contributed by atoms with E-state index in [2.05, 4.69) is 13.2 Å². The Balaban J connectivity index is 3.92. The Morgan fingerprint density at radius 1 is 1.35 bits per heavy atom. The molecular formula is C14H24N2O3S. The van der Waals surface area contributed by atoms with Crippen LogP contribution in [0.4, 0.5) is 0 Å². The molecule has 6 heteroatoms. The molecule has 0 heterocycles. The van der Waals surface area contributed by atoms with Crippen LogP contribution in [0.25, 0.3) is 0 Å². The lowest BCUT2D eigenvalue weighted by molar-refractivity contribution is -0.144. The molecule has 0 aliphatic carbocycles. The molecule has 0 rings (SSSR count). The first-order valence-corrected chi connectivity index (χ1v) is 7.71. The van der Waals surface area contributed by atoms with Crippen molar-refractivity contribution in [3.05, 3.63) is 25.3 Å². The highest BCUT2D eigenvalue weighted by Gasteiger charge is 2.15. The number of thioether (sulfide) groups is 1. The average Bonchev–Trinajstić information content (AvgIpc) is 2.43. The van der Waals surface area contributed by atoms with Gasteiger partial charge in [-0.25, -0.2) is 0 Å². The second kappa shape index (κ2) is 11.5. The third-order valence-corrected chi connectivity index (χ3v) is 3.42. The number of carbonyl (C=O) groups is 2. The van der Waals surface area contributed by atoms with E-state index in [1.54, 1.807) is 24.0 Å². The van der Waals surface area contributed by atoms with Crippen molar-refractivity contribution in [3.63, 3.8) is 0 Å². The second-order valence-corrected chi connectivity index (χ2v) is 5.18. The van der Waals surface area contributed by atoms with Gasteiger partial charge in [0.15, 0.2) is 0 Å². The standard InChI is InChI=1S/C14H24N2O3S/c1-4-8-16(9-5-2)13(17)11-20-10-7-12(15)14(18)19-6-3/h4-5,12H,1-2,6-11,15H2,3H3. The number of rotatable bonds is 11. The van der Waals surface area contributed by atoms with E-state index in [-0.39, 0.29) is 11.9 Å². The zero-order valence-electron chi connectivity index (χ0n) is 12.0. The summed E-state index contributed by atoms with van der Waals surface area (Å²) < 4.78 is 4.81. The summed E-state index contributed by atoms with van der Waals surface area (Å²) in [6.45, 7) is 10.3. The largest absolute Gasteiger partial charge is 0.465 e. The van der Waals surface area contributed by atoms with Crippen LogP contribution in [0.3, 0.4) is 0 Å². The molecule has 0 aromatic rings. The smallest absolute Gasteiger partial charge is 0.322 e. The number of ether oxygens (including phenoxy) is 1. The lowest BCUT2D eigenvalue weighted by atomic mass is 10.2. The number of esters is 1. The number of hydrogen-bond acceptors (Lipinski definition) is 5. The zero-order chi connectivity index (χ0) is 15.4. The van der Waals surface area contributed by atoms with Crippen molar-refractivity contribution >= 4 is 23.6 Å². The van der Waals surface area contributed by atoms with Gasteiger partial charge in [-0.3, -0.25) is 9.59 Å². The number of nitrogens with zero attached hydrogens (tertiary/aromatic N) is 1. The van der Waals surface area contributed by atoms with Crippen molar-refractivity contribution < 1.29 is 14.3 Å². The first-order chi connectivity index (χ1) is 9.56. The second-order valence-electron chi connectivity index (χ2n) is 4.08. The van der Waals surface area contributed by atoms with Gasteiger partial charge in [-0.15, -0.1) is 13.2 Å². The molecule has 0 aromatic carbocycles. The molecule has 0 aromatic heterocycles. The fourth-order valence-electron chi connectivity index (χ4n) is 1.42. The molecule has 1 amide bonds. The Bertz CT molecular complexity index is 324. The molecule has 0 saturated carbocycles. The topological polar surface area (TPSA) is 72.6 Å². The van der Waals surface area contributed by atoms with Gasteiger partial charge in [0, 0.05) is 13.1 Å². The summed E-state index contributed by atoms with van der Waals surface area (Å²) >= 11 is 1.46. The van der Waals surface area contributed by atoms with Gasteiger partial charge in [0.1, 0.15) is 6.04 Å². The maximum atomic E-state index is 11.9. The van der Waals surface area contributed by atoms with Gasteiger partial charge in [-0.2, -0.15) is 11.8 Å². The van der Waals surface area contributed by atoms with E-state index < -0.39 is 6.04 Å². The van der Waals surface area contributed by atoms with Crippen LogP contribution in [0, 0.1) is 0 Å². The van der Waals surface area contributed by atoms with E-state index in [0.29, 0.717) is 37.6 Å². The monoisotopic (exact) mass is 300 g/mol. The Labute approximate surface area is 125 Å². The fourth-order valence-corrected chi connectivity index (χ4v) is 2.34. The quantitative estimate of drug-likeness (QED) is 0.353. The first kappa shape index (κ1) is 18.7. The van der Waals surface area contributed by atoms with Gasteiger partial charge in [0.25, 0.3) is 0 Å². The Morgan fingerprint density at radius 2 is 1.95 bits per heavy atom. The molecule has 0 aliphatic rings. The van der Waals surface area contributed by atoms with Gasteiger partial charge in [-0.05, 0) is 19.1 Å². The highest BCUT2D eigenvalue weighted by Crippen LogP contribution is 2.07. The summed E-state index contributed by atoms with van der Waals surface area (Å²) in [5, 5.41) is 0. The Kier molecular flexibility index (Phi) is 10.8. The van der Waals surface area contributed by atoms with Gasteiger partial charge in [0.2, 0.25) is 5.91 Å². The van der Waals surface area contributed by atoms with E-state index in [4.69, 9.17) is 10.5 Å². The molecule has 114 valence electrons. The third kappa shape index (κ3) is 8.01. The Hall–Kier alpha value is -1.27. The predicted molar refractivity (Wildman–Crippen MR) is 83.5 cm³/mol.